The van der Waals surface area contributed by atoms with E-state index in [-0.39, 0.29) is 17.7 Å². The zero-order valence-electron chi connectivity index (χ0n) is 10.1. The second-order valence-electron chi connectivity index (χ2n) is 3.81. The number of rotatable bonds is 3. The predicted molar refractivity (Wildman–Crippen MR) is 64.1 cm³/mol. The molecule has 0 unspecified atom stereocenters. The van der Waals surface area contributed by atoms with Crippen LogP contribution in [-0.4, -0.2) is 9.97 Å². The number of nitrogens with two attached hydrogens (primary N) is 1. The number of aromatic nitrogens is 2. The summed E-state index contributed by atoms with van der Waals surface area (Å²) in [6.45, 7) is 1.50. The molecule has 0 aliphatic heterocycles. The summed E-state index contributed by atoms with van der Waals surface area (Å²) in [5.74, 6) is -0.806. The topological polar surface area (TPSA) is 75.9 Å². The highest BCUT2D eigenvalue weighted by molar-refractivity contribution is 5.65. The van der Waals surface area contributed by atoms with Crippen LogP contribution >= 0.6 is 0 Å². The molecule has 106 valence electrons. The molecule has 0 saturated carbocycles. The van der Waals surface area contributed by atoms with Crippen molar-refractivity contribution in [1.82, 2.24) is 9.97 Å². The van der Waals surface area contributed by atoms with Gasteiger partial charge in [0.15, 0.2) is 23.3 Å². The summed E-state index contributed by atoms with van der Waals surface area (Å²) in [7, 11) is 0. The van der Waals surface area contributed by atoms with Gasteiger partial charge in [-0.15, -0.1) is 0 Å². The van der Waals surface area contributed by atoms with Crippen LogP contribution in [0.5, 0.6) is 0 Å². The lowest BCUT2D eigenvalue weighted by Gasteiger charge is -2.12. The third kappa shape index (κ3) is 2.35. The zero-order chi connectivity index (χ0) is 14.9. The quantitative estimate of drug-likeness (QED) is 0.350. The monoisotopic (exact) mass is 287 g/mol. The molecule has 5 nitrogen and oxygen atoms in total. The van der Waals surface area contributed by atoms with Gasteiger partial charge in [-0.2, -0.15) is 0 Å². The molecule has 1 aromatic heterocycles. The van der Waals surface area contributed by atoms with Crippen LogP contribution in [0.25, 0.3) is 0 Å². The summed E-state index contributed by atoms with van der Waals surface area (Å²) in [5, 5.41) is 2.19. The van der Waals surface area contributed by atoms with Gasteiger partial charge in [0.25, 0.3) is 0 Å². The molecule has 2 aromatic rings. The van der Waals surface area contributed by atoms with Gasteiger partial charge in [-0.1, -0.05) is 0 Å². The molecule has 20 heavy (non-hydrogen) atoms. The number of nitrogens with one attached hydrogen (secondary N) is 2. The molecule has 0 amide bonds. The fourth-order valence-electron chi connectivity index (χ4n) is 1.52. The van der Waals surface area contributed by atoms with E-state index in [4.69, 9.17) is 5.84 Å². The van der Waals surface area contributed by atoms with Crippen molar-refractivity contribution < 1.29 is 17.6 Å². The Morgan fingerprint density at radius 1 is 1.00 bits per heavy atom. The van der Waals surface area contributed by atoms with Crippen LogP contribution in [-0.2, 0) is 0 Å². The fourth-order valence-corrected chi connectivity index (χ4v) is 1.52. The summed E-state index contributed by atoms with van der Waals surface area (Å²) < 4.78 is 53.2. The fraction of sp³-hybridized carbons (Fsp3) is 0.0909. The lowest BCUT2D eigenvalue weighted by atomic mass is 10.2. The van der Waals surface area contributed by atoms with Gasteiger partial charge in [-0.05, 0) is 6.92 Å². The van der Waals surface area contributed by atoms with Crippen LogP contribution in [0, 0.1) is 30.2 Å². The molecule has 1 aromatic carbocycles. The molecule has 0 spiro atoms. The molecule has 0 atom stereocenters. The minimum absolute atomic E-state index is 0.0456. The van der Waals surface area contributed by atoms with Crippen molar-refractivity contribution in [2.24, 2.45) is 5.84 Å². The van der Waals surface area contributed by atoms with Crippen LogP contribution in [0.3, 0.4) is 0 Å². The van der Waals surface area contributed by atoms with Crippen molar-refractivity contribution in [3.8, 4) is 0 Å². The first-order valence-corrected chi connectivity index (χ1v) is 5.34. The van der Waals surface area contributed by atoms with Gasteiger partial charge in [0.1, 0.15) is 23.7 Å². The van der Waals surface area contributed by atoms with Crippen LogP contribution in [0.1, 0.15) is 5.56 Å². The Morgan fingerprint density at radius 3 is 2.10 bits per heavy atom. The Labute approximate surface area is 110 Å². The van der Waals surface area contributed by atoms with E-state index >= 15 is 0 Å². The maximum atomic E-state index is 13.5. The SMILES string of the molecule is Cc1c(NN)ncnc1Nc1c(F)c(F)cc(F)c1F. The Hall–Kier alpha value is -2.42. The van der Waals surface area contributed by atoms with Crippen LogP contribution < -0.4 is 16.6 Å². The molecule has 0 aliphatic rings. The van der Waals surface area contributed by atoms with E-state index in [0.717, 1.165) is 6.33 Å². The maximum absolute atomic E-state index is 13.5. The average molecular weight is 287 g/mol. The van der Waals surface area contributed by atoms with Crippen molar-refractivity contribution in [2.45, 2.75) is 6.92 Å². The molecule has 0 radical (unpaired) electrons. The van der Waals surface area contributed by atoms with Crippen molar-refractivity contribution in [3.05, 3.63) is 41.2 Å². The highest BCUT2D eigenvalue weighted by atomic mass is 19.2. The Kier molecular flexibility index (Phi) is 3.70. The normalized spacial score (nSPS) is 10.5. The molecule has 9 heteroatoms. The molecule has 0 saturated heterocycles. The van der Waals surface area contributed by atoms with E-state index in [1.54, 1.807) is 0 Å². The van der Waals surface area contributed by atoms with Crippen LogP contribution in [0.2, 0.25) is 0 Å². The number of benzene rings is 1. The van der Waals surface area contributed by atoms with Crippen molar-refractivity contribution >= 4 is 17.3 Å². The zero-order valence-corrected chi connectivity index (χ0v) is 10.1. The number of halogens is 4. The molecular weight excluding hydrogens is 278 g/mol. The van der Waals surface area contributed by atoms with Crippen LogP contribution in [0.15, 0.2) is 12.4 Å². The van der Waals surface area contributed by atoms with E-state index in [2.05, 4.69) is 20.7 Å². The second-order valence-corrected chi connectivity index (χ2v) is 3.81. The van der Waals surface area contributed by atoms with Crippen molar-refractivity contribution in [3.63, 3.8) is 0 Å². The largest absolute Gasteiger partial charge is 0.335 e. The highest BCUT2D eigenvalue weighted by Crippen LogP contribution is 2.28. The number of nitrogen functional groups attached to an aromatic ring is 1. The average Bonchev–Trinajstić information content (AvgIpc) is 2.43. The van der Waals surface area contributed by atoms with Gasteiger partial charge in [0.05, 0.1) is 0 Å². The van der Waals surface area contributed by atoms with Gasteiger partial charge in [0, 0.05) is 11.6 Å². The number of anilines is 3. The molecule has 0 aliphatic carbocycles. The smallest absolute Gasteiger partial charge is 0.185 e. The minimum Gasteiger partial charge on any atom is -0.335 e. The van der Waals surface area contributed by atoms with Gasteiger partial charge >= 0.3 is 0 Å². The first-order valence-electron chi connectivity index (χ1n) is 5.34. The summed E-state index contributed by atoms with van der Waals surface area (Å²) in [6.07, 6.45) is 1.07. The Morgan fingerprint density at radius 2 is 1.55 bits per heavy atom. The number of hydrogen-bond acceptors (Lipinski definition) is 5. The van der Waals surface area contributed by atoms with Gasteiger partial charge in [0.2, 0.25) is 0 Å². The first kappa shape index (κ1) is 14.0. The highest BCUT2D eigenvalue weighted by Gasteiger charge is 2.20. The van der Waals surface area contributed by atoms with Crippen molar-refractivity contribution in [1.29, 1.82) is 0 Å². The van der Waals surface area contributed by atoms with Crippen LogP contribution in [0.4, 0.5) is 34.9 Å². The Balaban J connectivity index is 2.51. The van der Waals surface area contributed by atoms with E-state index in [9.17, 15) is 17.6 Å². The number of nitrogens with zero attached hydrogens (tertiary/aromatic N) is 2. The minimum atomic E-state index is -1.55. The molecule has 0 fully saturated rings. The van der Waals surface area contributed by atoms with E-state index in [1.807, 2.05) is 0 Å². The Bertz CT molecular complexity index is 635. The third-order valence-electron chi connectivity index (χ3n) is 2.58. The first-order chi connectivity index (χ1) is 9.45. The summed E-state index contributed by atoms with van der Waals surface area (Å²) in [6, 6.07) is 0.121. The maximum Gasteiger partial charge on any atom is 0.185 e. The van der Waals surface area contributed by atoms with Gasteiger partial charge in [-0.25, -0.2) is 33.4 Å². The molecular formula is C11H9F4N5. The predicted octanol–water partition coefficient (Wildman–Crippen LogP) is 2.37. The third-order valence-corrected chi connectivity index (χ3v) is 2.58. The molecule has 4 N–H and O–H groups in total. The van der Waals surface area contributed by atoms with E-state index in [1.165, 1.54) is 6.92 Å². The summed E-state index contributed by atoms with van der Waals surface area (Å²) >= 11 is 0. The lowest BCUT2D eigenvalue weighted by Crippen LogP contribution is -2.12. The van der Waals surface area contributed by atoms with Gasteiger partial charge < -0.3 is 10.7 Å². The molecule has 2 rings (SSSR count). The van der Waals surface area contributed by atoms with Crippen molar-refractivity contribution in [2.75, 3.05) is 10.7 Å². The number of hydrazine groups is 1. The lowest BCUT2D eigenvalue weighted by molar-refractivity contribution is 0.459. The standard InChI is InChI=1S/C11H9F4N5/c1-4-10(17-3-18-11(4)20-16)19-9-7(14)5(12)2-6(13)8(9)15/h2-3H,16H2,1H3,(H2,17,18,19,20). The summed E-state index contributed by atoms with van der Waals surface area (Å²) in [5.41, 5.74) is 1.59. The van der Waals surface area contributed by atoms with E-state index < -0.39 is 29.0 Å². The molecule has 0 bridgehead atoms. The van der Waals surface area contributed by atoms with E-state index in [0.29, 0.717) is 5.56 Å². The van der Waals surface area contributed by atoms with Gasteiger partial charge in [-0.3, -0.25) is 0 Å². The molecule has 1 heterocycles. The second kappa shape index (κ2) is 5.29. The summed E-state index contributed by atoms with van der Waals surface area (Å²) in [4.78, 5) is 7.48. The number of hydrogen-bond donors (Lipinski definition) is 3.